The number of hydrogen-bond donors (Lipinski definition) is 4. The highest BCUT2D eigenvalue weighted by atomic mass is 32.1. The number of carboxylic acid groups (broad SMARTS) is 1. The number of fused-ring (bicyclic) bond motifs is 1. The second-order valence-electron chi connectivity index (χ2n) is 6.17. The minimum absolute atomic E-state index is 0.0704. The lowest BCUT2D eigenvalue weighted by Crippen LogP contribution is -2.19. The summed E-state index contributed by atoms with van der Waals surface area (Å²) in [6.07, 6.45) is 2.91. The molecule has 2 amide bonds. The Labute approximate surface area is 179 Å². The molecule has 4 rings (SSSR count). The zero-order valence-electron chi connectivity index (χ0n) is 16.3. The van der Waals surface area contributed by atoms with Gasteiger partial charge in [-0.1, -0.05) is 11.3 Å². The van der Waals surface area contributed by atoms with Crippen molar-refractivity contribution in [2.75, 3.05) is 24.9 Å². The third-order valence-electron chi connectivity index (χ3n) is 4.29. The summed E-state index contributed by atoms with van der Waals surface area (Å²) in [5.41, 5.74) is 1.27. The van der Waals surface area contributed by atoms with Gasteiger partial charge in [-0.15, -0.1) is 0 Å². The van der Waals surface area contributed by atoms with Crippen LogP contribution in [0, 0.1) is 0 Å². The lowest BCUT2D eigenvalue weighted by Gasteiger charge is -2.11. The van der Waals surface area contributed by atoms with E-state index in [9.17, 15) is 14.7 Å². The average molecular weight is 440 g/mol. The first kappa shape index (κ1) is 20.1. The molecule has 0 atom stereocenters. The number of rotatable bonds is 6. The molecule has 3 heterocycles. The van der Waals surface area contributed by atoms with Crippen molar-refractivity contribution in [1.29, 1.82) is 0 Å². The topological polar surface area (TPSA) is 151 Å². The van der Waals surface area contributed by atoms with E-state index in [1.807, 2.05) is 0 Å². The number of urea groups is 1. The van der Waals surface area contributed by atoms with Crippen LogP contribution in [0.3, 0.4) is 0 Å². The van der Waals surface area contributed by atoms with E-state index in [2.05, 4.69) is 30.8 Å². The van der Waals surface area contributed by atoms with Gasteiger partial charge in [-0.25, -0.2) is 19.6 Å². The monoisotopic (exact) mass is 440 g/mol. The molecule has 31 heavy (non-hydrogen) atoms. The summed E-state index contributed by atoms with van der Waals surface area (Å²) < 4.78 is 10.4. The first-order valence-electron chi connectivity index (χ1n) is 8.82. The van der Waals surface area contributed by atoms with Crippen LogP contribution in [-0.2, 0) is 0 Å². The van der Waals surface area contributed by atoms with Gasteiger partial charge < -0.3 is 19.9 Å². The Morgan fingerprint density at radius 1 is 1.13 bits per heavy atom. The number of nitrogens with zero attached hydrogens (tertiary/aromatic N) is 3. The summed E-state index contributed by atoms with van der Waals surface area (Å²) >= 11 is 1.15. The van der Waals surface area contributed by atoms with Gasteiger partial charge in [-0.05, 0) is 18.2 Å². The Bertz CT molecular complexity index is 1280. The number of carbonyl (C=O) groups excluding carboxylic acids is 1. The van der Waals surface area contributed by atoms with Gasteiger partial charge >= 0.3 is 12.0 Å². The van der Waals surface area contributed by atoms with E-state index >= 15 is 0 Å². The van der Waals surface area contributed by atoms with Crippen LogP contribution < -0.4 is 20.1 Å². The summed E-state index contributed by atoms with van der Waals surface area (Å²) in [5.74, 6) is -0.0619. The molecule has 4 aromatic rings. The molecule has 11 nitrogen and oxygen atoms in total. The second-order valence-corrected chi connectivity index (χ2v) is 7.20. The van der Waals surface area contributed by atoms with E-state index in [1.54, 1.807) is 18.2 Å². The minimum atomic E-state index is -1.09. The van der Waals surface area contributed by atoms with Gasteiger partial charge in [0.1, 0.15) is 11.5 Å². The standard InChI is InChI=1S/C19H16N6O5S/c1-29-9-3-4-12(14(5-9)30-2)23-18(28)24-19-20-8-15(31-19)13-6-10(17(26)27)11-7-21-25-16(11)22-13/h3-8H,1-2H3,(H,26,27)(H,21,22,25)(H2,20,23,24,28). The molecule has 0 aliphatic rings. The fraction of sp³-hybridized carbons (Fsp3) is 0.105. The molecule has 0 bridgehead atoms. The lowest BCUT2D eigenvalue weighted by molar-refractivity contribution is 0.0699. The molecule has 0 saturated carbocycles. The number of anilines is 2. The average Bonchev–Trinajstić information content (AvgIpc) is 3.42. The first-order chi connectivity index (χ1) is 15.0. The molecule has 0 fully saturated rings. The van der Waals surface area contributed by atoms with Crippen LogP contribution in [0.4, 0.5) is 15.6 Å². The molecule has 12 heteroatoms. The number of amides is 2. The molecule has 3 aromatic heterocycles. The molecule has 0 unspecified atom stereocenters. The maximum absolute atomic E-state index is 12.4. The van der Waals surface area contributed by atoms with Gasteiger partial charge in [0.05, 0.1) is 47.6 Å². The summed E-state index contributed by atoms with van der Waals surface area (Å²) in [5, 5.41) is 22.0. The Kier molecular flexibility index (Phi) is 5.37. The van der Waals surface area contributed by atoms with Crippen molar-refractivity contribution in [1.82, 2.24) is 20.2 Å². The molecule has 0 aliphatic heterocycles. The predicted molar refractivity (Wildman–Crippen MR) is 114 cm³/mol. The number of methoxy groups -OCH3 is 2. The highest BCUT2D eigenvalue weighted by Crippen LogP contribution is 2.31. The molecule has 4 N–H and O–H groups in total. The van der Waals surface area contributed by atoms with E-state index in [-0.39, 0.29) is 5.56 Å². The number of H-pyrrole nitrogens is 1. The predicted octanol–water partition coefficient (Wildman–Crippen LogP) is 3.44. The molecule has 0 aliphatic carbocycles. The lowest BCUT2D eigenvalue weighted by atomic mass is 10.1. The second kappa shape index (κ2) is 8.28. The highest BCUT2D eigenvalue weighted by molar-refractivity contribution is 7.19. The molecule has 0 radical (unpaired) electrons. The van der Waals surface area contributed by atoms with Crippen LogP contribution in [-0.4, -0.2) is 51.5 Å². The van der Waals surface area contributed by atoms with E-state index in [0.717, 1.165) is 11.3 Å². The zero-order valence-corrected chi connectivity index (χ0v) is 17.1. The van der Waals surface area contributed by atoms with Gasteiger partial charge in [0, 0.05) is 12.3 Å². The molecule has 158 valence electrons. The van der Waals surface area contributed by atoms with Crippen molar-refractivity contribution in [3.05, 3.63) is 42.2 Å². The van der Waals surface area contributed by atoms with Crippen LogP contribution in [0.15, 0.2) is 36.7 Å². The SMILES string of the molecule is COc1ccc(NC(=O)Nc2ncc(-c3cc(C(=O)O)c4cn[nH]c4n3)s2)c(OC)c1. The number of pyridine rings is 1. The smallest absolute Gasteiger partial charge is 0.336 e. The number of ether oxygens (including phenoxy) is 2. The molecule has 0 spiro atoms. The third kappa shape index (κ3) is 4.09. The number of aromatic carboxylic acids is 1. The Morgan fingerprint density at radius 3 is 2.71 bits per heavy atom. The first-order valence-corrected chi connectivity index (χ1v) is 9.63. The maximum atomic E-state index is 12.4. The van der Waals surface area contributed by atoms with Crippen molar-refractivity contribution in [2.45, 2.75) is 0 Å². The van der Waals surface area contributed by atoms with Crippen LogP contribution in [0.25, 0.3) is 21.6 Å². The fourth-order valence-electron chi connectivity index (χ4n) is 2.83. The number of thiazole rings is 1. The van der Waals surface area contributed by atoms with Gasteiger partial charge in [-0.2, -0.15) is 5.10 Å². The van der Waals surface area contributed by atoms with Crippen LogP contribution in [0.2, 0.25) is 0 Å². The summed E-state index contributed by atoms with van der Waals surface area (Å²) in [6.45, 7) is 0. The van der Waals surface area contributed by atoms with Crippen molar-refractivity contribution in [3.8, 4) is 22.1 Å². The summed E-state index contributed by atoms with van der Waals surface area (Å²) in [4.78, 5) is 33.1. The summed E-state index contributed by atoms with van der Waals surface area (Å²) in [7, 11) is 3.02. The quantitative estimate of drug-likeness (QED) is 0.356. The number of carbonyl (C=O) groups is 2. The molecular weight excluding hydrogens is 424 g/mol. The van der Waals surface area contributed by atoms with Crippen molar-refractivity contribution in [2.24, 2.45) is 0 Å². The largest absolute Gasteiger partial charge is 0.497 e. The number of nitrogens with one attached hydrogen (secondary N) is 3. The van der Waals surface area contributed by atoms with Crippen LogP contribution >= 0.6 is 11.3 Å². The van der Waals surface area contributed by atoms with Gasteiger partial charge in [0.15, 0.2) is 10.8 Å². The van der Waals surface area contributed by atoms with Crippen LogP contribution in [0.5, 0.6) is 11.5 Å². The van der Waals surface area contributed by atoms with Crippen molar-refractivity contribution < 1.29 is 24.2 Å². The normalized spacial score (nSPS) is 10.6. The van der Waals surface area contributed by atoms with E-state index in [0.29, 0.717) is 43.9 Å². The van der Waals surface area contributed by atoms with Gasteiger partial charge in [-0.3, -0.25) is 10.4 Å². The minimum Gasteiger partial charge on any atom is -0.497 e. The fourth-order valence-corrected chi connectivity index (χ4v) is 3.61. The van der Waals surface area contributed by atoms with E-state index in [1.165, 1.54) is 32.7 Å². The highest BCUT2D eigenvalue weighted by Gasteiger charge is 2.17. The number of aromatic nitrogens is 4. The van der Waals surface area contributed by atoms with Crippen molar-refractivity contribution in [3.63, 3.8) is 0 Å². The molecular formula is C19H16N6O5S. The maximum Gasteiger partial charge on any atom is 0.336 e. The molecule has 0 saturated heterocycles. The Morgan fingerprint density at radius 2 is 1.97 bits per heavy atom. The van der Waals surface area contributed by atoms with Gasteiger partial charge in [0.2, 0.25) is 0 Å². The number of hydrogen-bond acceptors (Lipinski definition) is 8. The zero-order chi connectivity index (χ0) is 22.0. The number of aromatic amines is 1. The number of benzene rings is 1. The number of carboxylic acids is 1. The van der Waals surface area contributed by atoms with Crippen molar-refractivity contribution >= 4 is 45.2 Å². The summed E-state index contributed by atoms with van der Waals surface area (Å²) in [6, 6.07) is 5.92. The van der Waals surface area contributed by atoms with E-state index in [4.69, 9.17) is 9.47 Å². The third-order valence-corrected chi connectivity index (χ3v) is 5.22. The van der Waals surface area contributed by atoms with E-state index < -0.39 is 12.0 Å². The molecule has 1 aromatic carbocycles. The van der Waals surface area contributed by atoms with Crippen LogP contribution in [0.1, 0.15) is 10.4 Å². The Hall–Kier alpha value is -4.19. The van der Waals surface area contributed by atoms with Gasteiger partial charge in [0.25, 0.3) is 0 Å². The Balaban J connectivity index is 1.53.